The van der Waals surface area contributed by atoms with Crippen molar-refractivity contribution in [2.45, 2.75) is 25.9 Å². The lowest BCUT2D eigenvalue weighted by Gasteiger charge is -2.17. The van der Waals surface area contributed by atoms with Crippen molar-refractivity contribution in [3.05, 3.63) is 101 Å². The van der Waals surface area contributed by atoms with Crippen LogP contribution in [0.3, 0.4) is 0 Å². The number of halogens is 2. The van der Waals surface area contributed by atoms with Gasteiger partial charge in [-0.2, -0.15) is 0 Å². The first-order valence-electron chi connectivity index (χ1n) is 12.7. The van der Waals surface area contributed by atoms with E-state index in [0.717, 1.165) is 16.5 Å². The summed E-state index contributed by atoms with van der Waals surface area (Å²) in [6.07, 6.45) is 2.89. The van der Waals surface area contributed by atoms with Crippen LogP contribution in [0.25, 0.3) is 22.3 Å². The highest BCUT2D eigenvalue weighted by Crippen LogP contribution is 2.36. The molecule has 1 unspecified atom stereocenters. The molecule has 8 nitrogen and oxygen atoms in total. The maximum absolute atomic E-state index is 15.0. The van der Waals surface area contributed by atoms with E-state index in [2.05, 4.69) is 15.0 Å². The standard InChI is InChI=1S/C30H27F2N3O5/c1-17-21-9-10-33-25(21)15-24(32)28(17)40-20-6-7-23(31)22(14-20)30-34-16-26(35-30)29(39-12-11-36)19-4-2-3-18(13-19)5-8-27(37)38/h2-4,6-7,9-10,13-16,29,33,36H,5,8,11-12H2,1H3,(H,34,35)(H,37,38). The highest BCUT2D eigenvalue weighted by atomic mass is 19.1. The number of fused-ring (bicyclic) bond motifs is 1. The van der Waals surface area contributed by atoms with Crippen molar-refractivity contribution in [3.63, 3.8) is 0 Å². The van der Waals surface area contributed by atoms with Crippen molar-refractivity contribution in [2.75, 3.05) is 13.2 Å². The van der Waals surface area contributed by atoms with E-state index in [1.165, 1.54) is 30.5 Å². The van der Waals surface area contributed by atoms with E-state index in [0.29, 0.717) is 23.2 Å². The van der Waals surface area contributed by atoms with Crippen molar-refractivity contribution < 1.29 is 33.3 Å². The molecule has 0 aliphatic heterocycles. The largest absolute Gasteiger partial charge is 0.481 e. The summed E-state index contributed by atoms with van der Waals surface area (Å²) in [5, 5.41) is 19.2. The van der Waals surface area contributed by atoms with Crippen LogP contribution in [0, 0.1) is 18.6 Å². The number of carbonyl (C=O) groups is 1. The quantitative estimate of drug-likeness (QED) is 0.160. The Hall–Kier alpha value is -4.54. The summed E-state index contributed by atoms with van der Waals surface area (Å²) in [6, 6.07) is 14.5. The first-order valence-corrected chi connectivity index (χ1v) is 12.7. The van der Waals surface area contributed by atoms with Crippen molar-refractivity contribution in [1.82, 2.24) is 15.0 Å². The van der Waals surface area contributed by atoms with Crippen LogP contribution >= 0.6 is 0 Å². The molecule has 3 aromatic carbocycles. The number of H-pyrrole nitrogens is 2. The molecule has 2 aromatic heterocycles. The average Bonchev–Trinajstić information content (AvgIpc) is 3.62. The molecule has 40 heavy (non-hydrogen) atoms. The van der Waals surface area contributed by atoms with Gasteiger partial charge in [-0.15, -0.1) is 0 Å². The third-order valence-corrected chi connectivity index (χ3v) is 6.56. The molecular formula is C30H27F2N3O5. The minimum absolute atomic E-state index is 0.0139. The van der Waals surface area contributed by atoms with Gasteiger partial charge < -0.3 is 29.7 Å². The summed E-state index contributed by atoms with van der Waals surface area (Å²) in [7, 11) is 0. The zero-order valence-corrected chi connectivity index (χ0v) is 21.6. The summed E-state index contributed by atoms with van der Waals surface area (Å²) >= 11 is 0. The number of hydrogen-bond acceptors (Lipinski definition) is 5. The zero-order chi connectivity index (χ0) is 28.2. The van der Waals surface area contributed by atoms with E-state index in [1.807, 2.05) is 24.3 Å². The van der Waals surface area contributed by atoms with Crippen LogP contribution in [0.2, 0.25) is 0 Å². The lowest BCUT2D eigenvalue weighted by atomic mass is 10.0. The van der Waals surface area contributed by atoms with Gasteiger partial charge in [0, 0.05) is 35.2 Å². The Labute approximate surface area is 228 Å². The minimum Gasteiger partial charge on any atom is -0.481 e. The SMILES string of the molecule is Cc1c(Oc2ccc(F)c(-c3ncc(C(OCCO)c4cccc(CCC(=O)O)c4)[nH]3)c2)c(F)cc2[nH]ccc12. The fourth-order valence-corrected chi connectivity index (χ4v) is 4.62. The Morgan fingerprint density at radius 1 is 1.10 bits per heavy atom. The molecular weight excluding hydrogens is 520 g/mol. The van der Waals surface area contributed by atoms with Gasteiger partial charge in [-0.1, -0.05) is 24.3 Å². The molecule has 5 aromatic rings. The molecule has 1 atom stereocenters. The van der Waals surface area contributed by atoms with Crippen molar-refractivity contribution in [1.29, 1.82) is 0 Å². The number of ether oxygens (including phenoxy) is 2. The van der Waals surface area contributed by atoms with E-state index in [1.54, 1.807) is 19.2 Å². The minimum atomic E-state index is -0.896. The zero-order valence-electron chi connectivity index (χ0n) is 21.6. The Bertz CT molecular complexity index is 1660. The van der Waals surface area contributed by atoms with Gasteiger partial charge in [-0.3, -0.25) is 4.79 Å². The van der Waals surface area contributed by atoms with Gasteiger partial charge in [-0.05, 0) is 48.7 Å². The molecule has 2 heterocycles. The molecule has 0 radical (unpaired) electrons. The van der Waals surface area contributed by atoms with Crippen LogP contribution in [0.5, 0.6) is 11.5 Å². The Balaban J connectivity index is 1.44. The van der Waals surface area contributed by atoms with E-state index >= 15 is 0 Å². The number of aromatic amines is 2. The summed E-state index contributed by atoms with van der Waals surface area (Å²) in [5.74, 6) is -1.53. The molecule has 0 amide bonds. The maximum Gasteiger partial charge on any atom is 0.303 e. The van der Waals surface area contributed by atoms with E-state index in [9.17, 15) is 18.7 Å². The first-order chi connectivity index (χ1) is 19.3. The maximum atomic E-state index is 15.0. The smallest absolute Gasteiger partial charge is 0.303 e. The van der Waals surface area contributed by atoms with Crippen LogP contribution in [0.15, 0.2) is 67.0 Å². The van der Waals surface area contributed by atoms with Gasteiger partial charge in [0.1, 0.15) is 23.5 Å². The number of imidazole rings is 1. The van der Waals surface area contributed by atoms with Gasteiger partial charge in [0.2, 0.25) is 0 Å². The summed E-state index contributed by atoms with van der Waals surface area (Å²) in [5.41, 5.74) is 3.40. The topological polar surface area (TPSA) is 120 Å². The molecule has 0 aliphatic carbocycles. The lowest BCUT2D eigenvalue weighted by molar-refractivity contribution is -0.136. The number of aliphatic carboxylic acids is 1. The predicted molar refractivity (Wildman–Crippen MR) is 144 cm³/mol. The molecule has 0 spiro atoms. The molecule has 206 valence electrons. The van der Waals surface area contributed by atoms with Gasteiger partial charge >= 0.3 is 5.97 Å². The number of carboxylic acids is 1. The number of benzene rings is 3. The van der Waals surface area contributed by atoms with Crippen LogP contribution in [-0.4, -0.2) is 44.3 Å². The number of carboxylic acid groups (broad SMARTS) is 1. The van der Waals surface area contributed by atoms with Crippen LogP contribution < -0.4 is 4.74 Å². The average molecular weight is 548 g/mol. The third kappa shape index (κ3) is 5.73. The van der Waals surface area contributed by atoms with Gasteiger partial charge in [0.05, 0.1) is 30.7 Å². The highest BCUT2D eigenvalue weighted by molar-refractivity contribution is 5.85. The molecule has 4 N–H and O–H groups in total. The number of aliphatic hydroxyl groups is 1. The second kappa shape index (κ2) is 11.7. The molecule has 0 saturated heterocycles. The molecule has 0 fully saturated rings. The van der Waals surface area contributed by atoms with E-state index < -0.39 is 23.7 Å². The predicted octanol–water partition coefficient (Wildman–Crippen LogP) is 6.05. The summed E-state index contributed by atoms with van der Waals surface area (Å²) in [6.45, 7) is 1.57. The van der Waals surface area contributed by atoms with Crippen LogP contribution in [0.4, 0.5) is 8.78 Å². The normalized spacial score (nSPS) is 12.1. The van der Waals surface area contributed by atoms with Crippen molar-refractivity contribution in [2.24, 2.45) is 0 Å². The number of hydrogen-bond donors (Lipinski definition) is 4. The van der Waals surface area contributed by atoms with Crippen molar-refractivity contribution in [3.8, 4) is 22.9 Å². The summed E-state index contributed by atoms with van der Waals surface area (Å²) in [4.78, 5) is 21.4. The summed E-state index contributed by atoms with van der Waals surface area (Å²) < 4.78 is 41.5. The Morgan fingerprint density at radius 3 is 2.75 bits per heavy atom. The number of aromatic nitrogens is 3. The molecule has 5 rings (SSSR count). The molecule has 0 saturated carbocycles. The fourth-order valence-electron chi connectivity index (χ4n) is 4.62. The third-order valence-electron chi connectivity index (χ3n) is 6.56. The van der Waals surface area contributed by atoms with Gasteiger partial charge in [0.15, 0.2) is 11.6 Å². The second-order valence-electron chi connectivity index (χ2n) is 9.30. The number of aryl methyl sites for hydroxylation is 2. The van der Waals surface area contributed by atoms with E-state index in [4.69, 9.17) is 14.6 Å². The highest BCUT2D eigenvalue weighted by Gasteiger charge is 2.21. The van der Waals surface area contributed by atoms with E-state index in [-0.39, 0.29) is 42.5 Å². The lowest BCUT2D eigenvalue weighted by Crippen LogP contribution is -2.10. The molecule has 0 bridgehead atoms. The Morgan fingerprint density at radius 2 is 1.95 bits per heavy atom. The molecule has 10 heteroatoms. The molecule has 0 aliphatic rings. The number of rotatable bonds is 11. The van der Waals surface area contributed by atoms with Gasteiger partial charge in [-0.25, -0.2) is 13.8 Å². The monoisotopic (exact) mass is 547 g/mol. The van der Waals surface area contributed by atoms with Crippen molar-refractivity contribution >= 4 is 16.9 Å². The fraction of sp³-hybridized carbons (Fsp3) is 0.200. The Kier molecular flexibility index (Phi) is 7.90. The number of nitrogens with zero attached hydrogens (tertiary/aromatic N) is 1. The van der Waals surface area contributed by atoms with Crippen LogP contribution in [-0.2, 0) is 16.0 Å². The second-order valence-corrected chi connectivity index (χ2v) is 9.30. The number of nitrogens with one attached hydrogen (secondary N) is 2. The first kappa shape index (κ1) is 27.0. The van der Waals surface area contributed by atoms with Crippen LogP contribution in [0.1, 0.15) is 34.9 Å². The number of aliphatic hydroxyl groups excluding tert-OH is 1. The van der Waals surface area contributed by atoms with Gasteiger partial charge in [0.25, 0.3) is 0 Å².